The zero-order chi connectivity index (χ0) is 19.9. The van der Waals surface area contributed by atoms with Gasteiger partial charge in [-0.05, 0) is 54.6 Å². The molecule has 0 unspecified atom stereocenters. The third kappa shape index (κ3) is 4.67. The van der Waals surface area contributed by atoms with E-state index in [4.69, 9.17) is 14.2 Å². The van der Waals surface area contributed by atoms with E-state index in [0.29, 0.717) is 23.0 Å². The maximum atomic E-state index is 12.6. The lowest BCUT2D eigenvalue weighted by atomic mass is 10.2. The first-order chi connectivity index (χ1) is 13.6. The van der Waals surface area contributed by atoms with Crippen LogP contribution in [0.5, 0.6) is 17.2 Å². The summed E-state index contributed by atoms with van der Waals surface area (Å²) in [6.07, 6.45) is 1.70. The Morgan fingerprint density at radius 2 is 1.82 bits per heavy atom. The van der Waals surface area contributed by atoms with Gasteiger partial charge in [0, 0.05) is 0 Å². The second kappa shape index (κ2) is 9.32. The van der Waals surface area contributed by atoms with Crippen molar-refractivity contribution < 1.29 is 23.8 Å². The fourth-order valence-corrected chi connectivity index (χ4v) is 3.55. The van der Waals surface area contributed by atoms with E-state index < -0.39 is 0 Å². The van der Waals surface area contributed by atoms with Crippen LogP contribution in [0.25, 0.3) is 6.08 Å². The van der Waals surface area contributed by atoms with E-state index >= 15 is 0 Å². The van der Waals surface area contributed by atoms with Gasteiger partial charge >= 0.3 is 0 Å². The minimum absolute atomic E-state index is 0.166. The molecule has 1 fully saturated rings. The zero-order valence-corrected chi connectivity index (χ0v) is 16.5. The number of hydrogen-bond acceptors (Lipinski definition) is 6. The van der Waals surface area contributed by atoms with Crippen LogP contribution in [-0.4, -0.2) is 42.9 Å². The molecule has 3 rings (SSSR count). The topological polar surface area (TPSA) is 65.1 Å². The molecule has 0 aromatic heterocycles. The van der Waals surface area contributed by atoms with Crippen molar-refractivity contribution in [2.24, 2.45) is 0 Å². The standard InChI is InChI=1S/C21H21NO5S/c1-3-26-16-8-6-7-15(13-16)14-19-20(23)22(21(24)28-19)11-12-27-18-10-5-4-9-17(18)25-2/h4-10,13-14H,3,11-12H2,1-2H3/b19-14-. The smallest absolute Gasteiger partial charge is 0.293 e. The van der Waals surface area contributed by atoms with E-state index in [-0.39, 0.29) is 24.3 Å². The van der Waals surface area contributed by atoms with Crippen LogP contribution < -0.4 is 14.2 Å². The monoisotopic (exact) mass is 399 g/mol. The molecule has 0 atom stereocenters. The highest BCUT2D eigenvalue weighted by molar-refractivity contribution is 8.18. The quantitative estimate of drug-likeness (QED) is 0.620. The van der Waals surface area contributed by atoms with Crippen LogP contribution >= 0.6 is 11.8 Å². The van der Waals surface area contributed by atoms with Gasteiger partial charge in [0.1, 0.15) is 12.4 Å². The number of imide groups is 1. The van der Waals surface area contributed by atoms with Gasteiger partial charge in [-0.2, -0.15) is 0 Å². The van der Waals surface area contributed by atoms with Crippen molar-refractivity contribution in [2.75, 3.05) is 26.9 Å². The average molecular weight is 399 g/mol. The molecule has 0 radical (unpaired) electrons. The predicted molar refractivity (Wildman–Crippen MR) is 109 cm³/mol. The molecule has 2 aromatic rings. The maximum Gasteiger partial charge on any atom is 0.293 e. The van der Waals surface area contributed by atoms with Gasteiger partial charge in [0.05, 0.1) is 25.2 Å². The summed E-state index contributed by atoms with van der Waals surface area (Å²) in [5.74, 6) is 1.58. The number of nitrogens with zero attached hydrogens (tertiary/aromatic N) is 1. The number of para-hydroxylation sites is 2. The second-order valence-electron chi connectivity index (χ2n) is 5.84. The minimum Gasteiger partial charge on any atom is -0.494 e. The molecular weight excluding hydrogens is 378 g/mol. The highest BCUT2D eigenvalue weighted by Gasteiger charge is 2.34. The number of carbonyl (C=O) groups is 2. The SMILES string of the molecule is CCOc1cccc(/C=C2\SC(=O)N(CCOc3ccccc3OC)C2=O)c1. The highest BCUT2D eigenvalue weighted by Crippen LogP contribution is 2.33. The van der Waals surface area contributed by atoms with Crippen molar-refractivity contribution in [1.29, 1.82) is 0 Å². The molecule has 2 amide bonds. The fraction of sp³-hybridized carbons (Fsp3) is 0.238. The molecule has 1 heterocycles. The predicted octanol–water partition coefficient (Wildman–Crippen LogP) is 4.21. The molecule has 0 aliphatic carbocycles. The number of rotatable bonds is 8. The van der Waals surface area contributed by atoms with E-state index in [0.717, 1.165) is 23.1 Å². The summed E-state index contributed by atoms with van der Waals surface area (Å²) in [6, 6.07) is 14.6. The lowest BCUT2D eigenvalue weighted by molar-refractivity contribution is -0.123. The second-order valence-corrected chi connectivity index (χ2v) is 6.83. The summed E-state index contributed by atoms with van der Waals surface area (Å²) in [7, 11) is 1.56. The van der Waals surface area contributed by atoms with Crippen LogP contribution in [-0.2, 0) is 4.79 Å². The van der Waals surface area contributed by atoms with Gasteiger partial charge in [0.15, 0.2) is 11.5 Å². The van der Waals surface area contributed by atoms with Crippen LogP contribution in [0.4, 0.5) is 4.79 Å². The molecule has 1 aliphatic rings. The summed E-state index contributed by atoms with van der Waals surface area (Å²) in [5.41, 5.74) is 0.807. The zero-order valence-electron chi connectivity index (χ0n) is 15.7. The van der Waals surface area contributed by atoms with Crippen molar-refractivity contribution >= 4 is 29.0 Å². The first kappa shape index (κ1) is 19.8. The first-order valence-corrected chi connectivity index (χ1v) is 9.68. The molecule has 1 aliphatic heterocycles. The number of hydrogen-bond donors (Lipinski definition) is 0. The highest BCUT2D eigenvalue weighted by atomic mass is 32.2. The van der Waals surface area contributed by atoms with Crippen LogP contribution in [0.2, 0.25) is 0 Å². The molecule has 28 heavy (non-hydrogen) atoms. The van der Waals surface area contributed by atoms with E-state index in [1.54, 1.807) is 25.3 Å². The van der Waals surface area contributed by atoms with Crippen molar-refractivity contribution in [1.82, 2.24) is 4.90 Å². The third-order valence-corrected chi connectivity index (χ3v) is 4.89. The molecule has 1 saturated heterocycles. The van der Waals surface area contributed by atoms with Gasteiger partial charge in [-0.3, -0.25) is 14.5 Å². The number of amides is 2. The molecule has 146 valence electrons. The van der Waals surface area contributed by atoms with Crippen LogP contribution in [0.3, 0.4) is 0 Å². The van der Waals surface area contributed by atoms with Crippen molar-refractivity contribution in [3.8, 4) is 17.2 Å². The van der Waals surface area contributed by atoms with E-state index in [1.807, 2.05) is 43.3 Å². The first-order valence-electron chi connectivity index (χ1n) is 8.86. The van der Waals surface area contributed by atoms with Gasteiger partial charge in [-0.1, -0.05) is 24.3 Å². The Kier molecular flexibility index (Phi) is 6.60. The Balaban J connectivity index is 1.64. The summed E-state index contributed by atoms with van der Waals surface area (Å²) in [4.78, 5) is 26.4. The number of thioether (sulfide) groups is 1. The minimum atomic E-state index is -0.319. The lowest BCUT2D eigenvalue weighted by Gasteiger charge is -2.14. The van der Waals surface area contributed by atoms with Gasteiger partial charge in [-0.25, -0.2) is 0 Å². The largest absolute Gasteiger partial charge is 0.494 e. The fourth-order valence-electron chi connectivity index (χ4n) is 2.69. The Morgan fingerprint density at radius 1 is 1.04 bits per heavy atom. The summed E-state index contributed by atoms with van der Waals surface area (Å²) in [5, 5.41) is -0.305. The molecular formula is C21H21NO5S. The van der Waals surface area contributed by atoms with E-state index in [2.05, 4.69) is 0 Å². The molecule has 0 saturated carbocycles. The summed E-state index contributed by atoms with van der Waals surface area (Å²) >= 11 is 0.927. The third-order valence-electron chi connectivity index (χ3n) is 3.98. The Hall–Kier alpha value is -2.93. The van der Waals surface area contributed by atoms with Gasteiger partial charge in [0.25, 0.3) is 11.1 Å². The number of carbonyl (C=O) groups excluding carboxylic acids is 2. The molecule has 0 bridgehead atoms. The molecule has 2 aromatic carbocycles. The molecule has 0 N–H and O–H groups in total. The summed E-state index contributed by atoms with van der Waals surface area (Å²) < 4.78 is 16.4. The average Bonchev–Trinajstić information content (AvgIpc) is 2.96. The van der Waals surface area contributed by atoms with Crippen LogP contribution in [0.1, 0.15) is 12.5 Å². The molecule has 0 spiro atoms. The van der Waals surface area contributed by atoms with Crippen LogP contribution in [0.15, 0.2) is 53.4 Å². The van der Waals surface area contributed by atoms with Gasteiger partial charge < -0.3 is 14.2 Å². The maximum absolute atomic E-state index is 12.6. The van der Waals surface area contributed by atoms with E-state index in [1.165, 1.54) is 4.90 Å². The van der Waals surface area contributed by atoms with Crippen molar-refractivity contribution in [3.05, 3.63) is 59.0 Å². The Morgan fingerprint density at radius 3 is 2.57 bits per heavy atom. The lowest BCUT2D eigenvalue weighted by Crippen LogP contribution is -2.32. The van der Waals surface area contributed by atoms with Crippen molar-refractivity contribution in [2.45, 2.75) is 6.92 Å². The van der Waals surface area contributed by atoms with Crippen LogP contribution in [0, 0.1) is 0 Å². The number of ether oxygens (including phenoxy) is 3. The van der Waals surface area contributed by atoms with Gasteiger partial charge in [-0.15, -0.1) is 0 Å². The number of methoxy groups -OCH3 is 1. The Bertz CT molecular complexity index is 896. The van der Waals surface area contributed by atoms with Crippen molar-refractivity contribution in [3.63, 3.8) is 0 Å². The number of benzene rings is 2. The van der Waals surface area contributed by atoms with Gasteiger partial charge in [0.2, 0.25) is 0 Å². The molecule has 7 heteroatoms. The summed E-state index contributed by atoms with van der Waals surface area (Å²) in [6.45, 7) is 2.82. The molecule has 6 nitrogen and oxygen atoms in total. The van der Waals surface area contributed by atoms with E-state index in [9.17, 15) is 9.59 Å². The Labute approximate surface area is 168 Å². The normalized spacial score (nSPS) is 15.2.